The average Bonchev–Trinajstić information content (AvgIpc) is 2.55. The zero-order valence-electron chi connectivity index (χ0n) is 12.2. The lowest BCUT2D eigenvalue weighted by atomic mass is 10.1. The second-order valence-electron chi connectivity index (χ2n) is 4.90. The van der Waals surface area contributed by atoms with E-state index in [1.807, 2.05) is 0 Å². The summed E-state index contributed by atoms with van der Waals surface area (Å²) in [7, 11) is 0. The van der Waals surface area contributed by atoms with Crippen molar-refractivity contribution in [2.24, 2.45) is 0 Å². The van der Waals surface area contributed by atoms with Gasteiger partial charge in [0.2, 0.25) is 5.91 Å². The van der Waals surface area contributed by atoms with Crippen LogP contribution in [0.3, 0.4) is 0 Å². The molecule has 2 aromatic carbocycles. The largest absolute Gasteiger partial charge is 0.435 e. The highest BCUT2D eigenvalue weighted by molar-refractivity contribution is 8.00. The lowest BCUT2D eigenvalue weighted by molar-refractivity contribution is -0.113. The molecular formula is C16H12F2N2O3S. The monoisotopic (exact) mass is 350 g/mol. The van der Waals surface area contributed by atoms with Crippen molar-refractivity contribution < 1.29 is 23.1 Å². The number of benzene rings is 2. The van der Waals surface area contributed by atoms with Gasteiger partial charge in [0, 0.05) is 16.1 Å². The molecule has 1 aliphatic rings. The lowest BCUT2D eigenvalue weighted by Crippen LogP contribution is -2.19. The van der Waals surface area contributed by atoms with E-state index in [0.29, 0.717) is 22.7 Å². The number of ether oxygens (including phenoxy) is 1. The predicted molar refractivity (Wildman–Crippen MR) is 86.8 cm³/mol. The highest BCUT2D eigenvalue weighted by Crippen LogP contribution is 2.32. The molecule has 8 heteroatoms. The molecule has 124 valence electrons. The third-order valence-electron chi connectivity index (χ3n) is 3.21. The van der Waals surface area contributed by atoms with Crippen LogP contribution in [-0.2, 0) is 4.79 Å². The van der Waals surface area contributed by atoms with E-state index in [9.17, 15) is 18.4 Å². The molecule has 0 saturated heterocycles. The molecule has 2 amide bonds. The SMILES string of the molecule is O=C1CSc2ccc(C(=O)Nc3ccc(OC(F)F)cc3)cc2N1. The van der Waals surface area contributed by atoms with Gasteiger partial charge in [-0.3, -0.25) is 9.59 Å². The van der Waals surface area contributed by atoms with E-state index in [-0.39, 0.29) is 17.6 Å². The first kappa shape index (κ1) is 16.3. The summed E-state index contributed by atoms with van der Waals surface area (Å²) in [5.74, 6) is -0.118. The molecule has 1 heterocycles. The summed E-state index contributed by atoms with van der Waals surface area (Å²) in [6.07, 6.45) is 0. The summed E-state index contributed by atoms with van der Waals surface area (Å²) in [6, 6.07) is 10.6. The van der Waals surface area contributed by atoms with Crippen molar-refractivity contribution >= 4 is 35.0 Å². The Labute approximate surface area is 140 Å². The molecular weight excluding hydrogens is 338 g/mol. The Hall–Kier alpha value is -2.61. The second kappa shape index (κ2) is 6.88. The molecule has 0 bridgehead atoms. The molecule has 0 fully saturated rings. The molecule has 0 spiro atoms. The third-order valence-corrected chi connectivity index (χ3v) is 4.29. The summed E-state index contributed by atoms with van der Waals surface area (Å²) in [5, 5.41) is 5.37. The molecule has 0 aromatic heterocycles. The van der Waals surface area contributed by atoms with Gasteiger partial charge >= 0.3 is 6.61 Å². The van der Waals surface area contributed by atoms with E-state index in [0.717, 1.165) is 4.90 Å². The predicted octanol–water partition coefficient (Wildman–Crippen LogP) is 3.58. The second-order valence-corrected chi connectivity index (χ2v) is 5.92. The minimum Gasteiger partial charge on any atom is -0.435 e. The Morgan fingerprint density at radius 2 is 1.96 bits per heavy atom. The lowest BCUT2D eigenvalue weighted by Gasteiger charge is -2.17. The number of halogens is 2. The van der Waals surface area contributed by atoms with E-state index in [1.165, 1.54) is 36.0 Å². The topological polar surface area (TPSA) is 67.4 Å². The van der Waals surface area contributed by atoms with Crippen molar-refractivity contribution in [3.05, 3.63) is 48.0 Å². The highest BCUT2D eigenvalue weighted by atomic mass is 32.2. The van der Waals surface area contributed by atoms with Crippen LogP contribution in [0.1, 0.15) is 10.4 Å². The van der Waals surface area contributed by atoms with Gasteiger partial charge in [-0.25, -0.2) is 0 Å². The van der Waals surface area contributed by atoms with Crippen molar-refractivity contribution in [1.29, 1.82) is 0 Å². The summed E-state index contributed by atoms with van der Waals surface area (Å²) in [6.45, 7) is -2.89. The molecule has 1 aliphatic heterocycles. The zero-order valence-corrected chi connectivity index (χ0v) is 13.0. The molecule has 0 saturated carbocycles. The Morgan fingerprint density at radius 1 is 1.21 bits per heavy atom. The van der Waals surface area contributed by atoms with Gasteiger partial charge in [-0.1, -0.05) is 0 Å². The number of anilines is 2. The smallest absolute Gasteiger partial charge is 0.387 e. The van der Waals surface area contributed by atoms with Gasteiger partial charge < -0.3 is 15.4 Å². The fourth-order valence-corrected chi connectivity index (χ4v) is 2.94. The van der Waals surface area contributed by atoms with Crippen molar-refractivity contribution in [3.63, 3.8) is 0 Å². The molecule has 24 heavy (non-hydrogen) atoms. The normalized spacial score (nSPS) is 13.2. The van der Waals surface area contributed by atoms with Crippen molar-refractivity contribution in [1.82, 2.24) is 0 Å². The number of rotatable bonds is 4. The summed E-state index contributed by atoms with van der Waals surface area (Å²) in [4.78, 5) is 24.6. The summed E-state index contributed by atoms with van der Waals surface area (Å²) >= 11 is 1.41. The van der Waals surface area contributed by atoms with Crippen LogP contribution < -0.4 is 15.4 Å². The first-order valence-corrected chi connectivity index (χ1v) is 7.93. The fourth-order valence-electron chi connectivity index (χ4n) is 2.15. The van der Waals surface area contributed by atoms with Gasteiger partial charge in [0.05, 0.1) is 11.4 Å². The Bertz CT molecular complexity index is 781. The number of hydrogen-bond acceptors (Lipinski definition) is 4. The number of fused-ring (bicyclic) bond motifs is 1. The van der Waals surface area contributed by atoms with Gasteiger partial charge in [0.25, 0.3) is 5.91 Å². The van der Waals surface area contributed by atoms with Gasteiger partial charge in [-0.2, -0.15) is 8.78 Å². The number of nitrogens with one attached hydrogen (secondary N) is 2. The van der Waals surface area contributed by atoms with Gasteiger partial charge in [0.15, 0.2) is 0 Å². The molecule has 0 unspecified atom stereocenters. The Kier molecular flexibility index (Phi) is 4.66. The maximum atomic E-state index is 12.3. The average molecular weight is 350 g/mol. The summed E-state index contributed by atoms with van der Waals surface area (Å²) < 4.78 is 28.4. The minimum absolute atomic E-state index is 0.0107. The van der Waals surface area contributed by atoms with Crippen LogP contribution in [-0.4, -0.2) is 24.2 Å². The van der Waals surface area contributed by atoms with Crippen LogP contribution >= 0.6 is 11.8 Å². The standard InChI is InChI=1S/C16H12F2N2O3S/c17-16(18)23-11-4-2-10(3-5-11)19-15(22)9-1-6-13-12(7-9)20-14(21)8-24-13/h1-7,16H,8H2,(H,19,22)(H,20,21). The number of thioether (sulfide) groups is 1. The maximum absolute atomic E-state index is 12.3. The number of alkyl halides is 2. The van der Waals surface area contributed by atoms with Crippen LogP contribution in [0.4, 0.5) is 20.2 Å². The summed E-state index contributed by atoms with van der Waals surface area (Å²) in [5.41, 5.74) is 1.42. The Morgan fingerprint density at radius 3 is 2.67 bits per heavy atom. The number of amides is 2. The molecule has 2 aromatic rings. The molecule has 2 N–H and O–H groups in total. The van der Waals surface area contributed by atoms with Crippen LogP contribution in [0.5, 0.6) is 5.75 Å². The van der Waals surface area contributed by atoms with Crippen LogP contribution in [0.25, 0.3) is 0 Å². The molecule has 3 rings (SSSR count). The fraction of sp³-hybridized carbons (Fsp3) is 0.125. The van der Waals surface area contributed by atoms with Gasteiger partial charge in [-0.15, -0.1) is 11.8 Å². The van der Waals surface area contributed by atoms with Gasteiger partial charge in [-0.05, 0) is 42.5 Å². The van der Waals surface area contributed by atoms with E-state index in [4.69, 9.17) is 0 Å². The van der Waals surface area contributed by atoms with Gasteiger partial charge in [0.1, 0.15) is 5.75 Å². The number of carbonyl (C=O) groups excluding carboxylic acids is 2. The van der Waals surface area contributed by atoms with Crippen LogP contribution in [0.2, 0.25) is 0 Å². The van der Waals surface area contributed by atoms with Crippen molar-refractivity contribution in [2.45, 2.75) is 11.5 Å². The van der Waals surface area contributed by atoms with Crippen LogP contribution in [0, 0.1) is 0 Å². The molecule has 0 radical (unpaired) electrons. The first-order chi connectivity index (χ1) is 11.5. The van der Waals surface area contributed by atoms with E-state index < -0.39 is 6.61 Å². The number of hydrogen-bond donors (Lipinski definition) is 2. The zero-order chi connectivity index (χ0) is 17.1. The van der Waals surface area contributed by atoms with E-state index >= 15 is 0 Å². The third kappa shape index (κ3) is 3.83. The van der Waals surface area contributed by atoms with E-state index in [2.05, 4.69) is 15.4 Å². The van der Waals surface area contributed by atoms with E-state index in [1.54, 1.807) is 18.2 Å². The van der Waals surface area contributed by atoms with Crippen molar-refractivity contribution in [3.8, 4) is 5.75 Å². The molecule has 0 atom stereocenters. The highest BCUT2D eigenvalue weighted by Gasteiger charge is 2.17. The van der Waals surface area contributed by atoms with Crippen LogP contribution in [0.15, 0.2) is 47.4 Å². The molecule has 5 nitrogen and oxygen atoms in total. The Balaban J connectivity index is 1.71. The molecule has 0 aliphatic carbocycles. The van der Waals surface area contributed by atoms with Crippen molar-refractivity contribution in [2.75, 3.05) is 16.4 Å². The number of carbonyl (C=O) groups is 2. The first-order valence-electron chi connectivity index (χ1n) is 6.94. The maximum Gasteiger partial charge on any atom is 0.387 e. The quantitative estimate of drug-likeness (QED) is 0.884. The minimum atomic E-state index is -2.89.